The van der Waals surface area contributed by atoms with Crippen LogP contribution < -0.4 is 9.64 Å². The Balaban J connectivity index is 1.28. The Labute approximate surface area is 213 Å². The van der Waals surface area contributed by atoms with Crippen LogP contribution in [0.15, 0.2) is 28.8 Å². The van der Waals surface area contributed by atoms with Crippen LogP contribution in [0.2, 0.25) is 0 Å². The summed E-state index contributed by atoms with van der Waals surface area (Å²) in [5.41, 5.74) is 0.631. The molecule has 5 amide bonds. The highest BCUT2D eigenvalue weighted by molar-refractivity contribution is 6.44. The van der Waals surface area contributed by atoms with Gasteiger partial charge in [0.1, 0.15) is 12.3 Å². The normalized spacial score (nSPS) is 20.0. The van der Waals surface area contributed by atoms with Crippen LogP contribution in [0.25, 0.3) is 0 Å². The van der Waals surface area contributed by atoms with Crippen molar-refractivity contribution in [2.24, 2.45) is 11.8 Å². The van der Waals surface area contributed by atoms with E-state index in [1.54, 1.807) is 18.1 Å². The van der Waals surface area contributed by atoms with Crippen LogP contribution in [0.3, 0.4) is 0 Å². The third kappa shape index (κ3) is 5.48. The van der Waals surface area contributed by atoms with Gasteiger partial charge in [0.15, 0.2) is 5.82 Å². The van der Waals surface area contributed by atoms with Crippen molar-refractivity contribution in [3.63, 3.8) is 0 Å². The first-order valence-corrected chi connectivity index (χ1v) is 12.4. The van der Waals surface area contributed by atoms with Crippen LogP contribution in [-0.4, -0.2) is 77.1 Å². The van der Waals surface area contributed by atoms with E-state index in [0.29, 0.717) is 24.6 Å². The van der Waals surface area contributed by atoms with E-state index in [1.165, 1.54) is 0 Å². The smallest absolute Gasteiger partial charge is 0.334 e. The molecule has 196 valence electrons. The zero-order valence-corrected chi connectivity index (χ0v) is 20.6. The molecule has 12 heteroatoms. The quantitative estimate of drug-likeness (QED) is 0.345. The fourth-order valence-corrected chi connectivity index (χ4v) is 4.60. The Morgan fingerprint density at radius 1 is 1.11 bits per heavy atom. The lowest BCUT2D eigenvalue weighted by atomic mass is 10.0. The van der Waals surface area contributed by atoms with Crippen LogP contribution in [0.4, 0.5) is 10.5 Å². The molecule has 0 bridgehead atoms. The maximum absolute atomic E-state index is 13.4. The zero-order valence-electron chi connectivity index (χ0n) is 20.6. The van der Waals surface area contributed by atoms with E-state index >= 15 is 0 Å². The Morgan fingerprint density at radius 2 is 1.89 bits per heavy atom. The van der Waals surface area contributed by atoms with Crippen LogP contribution in [0.5, 0.6) is 5.75 Å². The van der Waals surface area contributed by atoms with Crippen molar-refractivity contribution in [1.82, 2.24) is 19.9 Å². The molecule has 1 unspecified atom stereocenters. The molecule has 0 radical (unpaired) electrons. The van der Waals surface area contributed by atoms with Gasteiger partial charge in [-0.1, -0.05) is 17.3 Å². The van der Waals surface area contributed by atoms with Crippen molar-refractivity contribution in [2.75, 3.05) is 38.3 Å². The summed E-state index contributed by atoms with van der Waals surface area (Å²) >= 11 is 0. The summed E-state index contributed by atoms with van der Waals surface area (Å²) in [6, 6.07) is 6.58. The van der Waals surface area contributed by atoms with Gasteiger partial charge in [-0.3, -0.25) is 19.3 Å². The fraction of sp³-hybridized carbons (Fsp3) is 0.520. The maximum Gasteiger partial charge on any atom is 0.334 e. The van der Waals surface area contributed by atoms with Gasteiger partial charge in [-0.2, -0.15) is 4.98 Å². The molecule has 2 saturated heterocycles. The molecule has 1 aliphatic carbocycles. The molecule has 3 aliphatic rings. The first-order chi connectivity index (χ1) is 17.9. The number of rotatable bonds is 10. The van der Waals surface area contributed by atoms with E-state index in [0.717, 1.165) is 42.1 Å². The molecule has 1 saturated carbocycles. The van der Waals surface area contributed by atoms with Crippen molar-refractivity contribution < 1.29 is 33.2 Å². The van der Waals surface area contributed by atoms with Gasteiger partial charge >= 0.3 is 17.8 Å². The molecule has 1 aromatic heterocycles. The zero-order chi connectivity index (χ0) is 25.9. The number of anilines is 1. The van der Waals surface area contributed by atoms with Crippen LogP contribution in [0.1, 0.15) is 37.4 Å². The topological polar surface area (TPSA) is 135 Å². The Kier molecular flexibility index (Phi) is 7.17. The summed E-state index contributed by atoms with van der Waals surface area (Å²) < 4.78 is 16.3. The van der Waals surface area contributed by atoms with Crippen molar-refractivity contribution in [3.05, 3.63) is 36.0 Å². The lowest BCUT2D eigenvalue weighted by Crippen LogP contribution is -2.39. The molecule has 0 N–H and O–H groups in total. The predicted octanol–water partition coefficient (Wildman–Crippen LogP) is 1.78. The molecule has 0 spiro atoms. The number of nitrogens with zero attached hydrogens (tertiary/aromatic N) is 5. The maximum atomic E-state index is 13.4. The second kappa shape index (κ2) is 10.7. The number of urea groups is 1. The Morgan fingerprint density at radius 3 is 2.62 bits per heavy atom. The van der Waals surface area contributed by atoms with Gasteiger partial charge in [0.2, 0.25) is 11.8 Å². The number of hydrogen-bond donors (Lipinski definition) is 0. The molecular formula is C25H29N5O7. The summed E-state index contributed by atoms with van der Waals surface area (Å²) in [4.78, 5) is 58.3. The van der Waals surface area contributed by atoms with Crippen LogP contribution in [-0.2, 0) is 32.1 Å². The second-order valence-electron chi connectivity index (χ2n) is 9.57. The lowest BCUT2D eigenvalue weighted by Gasteiger charge is -2.30. The van der Waals surface area contributed by atoms with E-state index < -0.39 is 17.8 Å². The number of ether oxygens (including phenoxy) is 2. The summed E-state index contributed by atoms with van der Waals surface area (Å²) in [5, 5.41) is 3.87. The molecule has 3 fully saturated rings. The lowest BCUT2D eigenvalue weighted by molar-refractivity contribution is -0.143. The van der Waals surface area contributed by atoms with Crippen molar-refractivity contribution in [3.8, 4) is 5.75 Å². The SMILES string of the molecule is COc1ccccc1N(CC1CCCOC1)C(=O)Cc1noc(CN2C(=O)C(=O)N(CC3CC3)C2=O)n1. The Bertz CT molecular complexity index is 1190. The number of carbonyl (C=O) groups excluding carboxylic acids is 4. The molecule has 2 aromatic rings. The molecule has 3 heterocycles. The van der Waals surface area contributed by atoms with Crippen LogP contribution in [0, 0.1) is 11.8 Å². The second-order valence-corrected chi connectivity index (χ2v) is 9.57. The molecule has 5 rings (SSSR count). The average molecular weight is 512 g/mol. The number of methoxy groups -OCH3 is 1. The third-order valence-electron chi connectivity index (χ3n) is 6.76. The number of para-hydroxylation sites is 2. The minimum absolute atomic E-state index is 0.0323. The van der Waals surface area contributed by atoms with Gasteiger partial charge in [-0.15, -0.1) is 0 Å². The van der Waals surface area contributed by atoms with Gasteiger partial charge < -0.3 is 18.9 Å². The predicted molar refractivity (Wildman–Crippen MR) is 127 cm³/mol. The van der Waals surface area contributed by atoms with Gasteiger partial charge in [0, 0.05) is 25.6 Å². The number of aromatic nitrogens is 2. The molecule has 12 nitrogen and oxygen atoms in total. The van der Waals surface area contributed by atoms with Gasteiger partial charge in [0.25, 0.3) is 0 Å². The largest absolute Gasteiger partial charge is 0.495 e. The van der Waals surface area contributed by atoms with Crippen LogP contribution >= 0.6 is 0 Å². The minimum Gasteiger partial charge on any atom is -0.495 e. The van der Waals surface area contributed by atoms with Crippen molar-refractivity contribution in [1.29, 1.82) is 0 Å². The summed E-state index contributed by atoms with van der Waals surface area (Å²) in [6.07, 6.45) is 3.59. The average Bonchev–Trinajstić information content (AvgIpc) is 3.60. The monoisotopic (exact) mass is 511 g/mol. The summed E-state index contributed by atoms with van der Waals surface area (Å²) in [7, 11) is 1.55. The molecule has 1 aromatic carbocycles. The highest BCUT2D eigenvalue weighted by atomic mass is 16.5. The first kappa shape index (κ1) is 24.9. The van der Waals surface area contributed by atoms with E-state index in [4.69, 9.17) is 14.0 Å². The van der Waals surface area contributed by atoms with E-state index in [1.807, 2.05) is 18.2 Å². The van der Waals surface area contributed by atoms with E-state index in [9.17, 15) is 19.2 Å². The minimum atomic E-state index is -0.918. The Hall–Kier alpha value is -3.80. The molecular weight excluding hydrogens is 482 g/mol. The number of amides is 5. The summed E-state index contributed by atoms with van der Waals surface area (Å²) in [5.74, 6) is -0.950. The van der Waals surface area contributed by atoms with Gasteiger partial charge in [-0.25, -0.2) is 9.69 Å². The van der Waals surface area contributed by atoms with Crippen molar-refractivity contribution in [2.45, 2.75) is 38.6 Å². The number of benzene rings is 1. The first-order valence-electron chi connectivity index (χ1n) is 12.4. The third-order valence-corrected chi connectivity index (χ3v) is 6.76. The molecule has 1 atom stereocenters. The number of carbonyl (C=O) groups is 4. The summed E-state index contributed by atoms with van der Waals surface area (Å²) in [6.45, 7) is 1.64. The van der Waals surface area contributed by atoms with Crippen molar-refractivity contribution >= 4 is 29.4 Å². The molecule has 37 heavy (non-hydrogen) atoms. The number of imide groups is 2. The number of hydrogen-bond acceptors (Lipinski definition) is 9. The highest BCUT2D eigenvalue weighted by Crippen LogP contribution is 2.32. The highest BCUT2D eigenvalue weighted by Gasteiger charge is 2.46. The van der Waals surface area contributed by atoms with Gasteiger partial charge in [-0.05, 0) is 43.7 Å². The standard InChI is InChI=1S/C25H29N5O7/c1-35-19-7-3-2-6-18(19)28(13-17-5-4-10-36-15-17)22(31)11-20-26-21(37-27-20)14-30-24(33)23(32)29(25(30)34)12-16-8-9-16/h2-3,6-7,16-17H,4-5,8-15H2,1H3. The van der Waals surface area contributed by atoms with E-state index in [-0.39, 0.29) is 49.0 Å². The van der Waals surface area contributed by atoms with E-state index in [2.05, 4.69) is 10.1 Å². The fourth-order valence-electron chi connectivity index (χ4n) is 4.60. The molecule has 2 aliphatic heterocycles. The van der Waals surface area contributed by atoms with Gasteiger partial charge in [0.05, 0.1) is 25.8 Å².